The molecule has 0 aliphatic carbocycles. The van der Waals surface area contributed by atoms with Gasteiger partial charge in [-0.2, -0.15) is 0 Å². The van der Waals surface area contributed by atoms with E-state index in [2.05, 4.69) is 10.6 Å². The minimum absolute atomic E-state index is 0.271. The molecule has 26 heavy (non-hydrogen) atoms. The van der Waals surface area contributed by atoms with Crippen LogP contribution in [0.2, 0.25) is 0 Å². The van der Waals surface area contributed by atoms with Crippen LogP contribution in [0.4, 0.5) is 10.5 Å². The maximum absolute atomic E-state index is 12.1. The molecule has 2 N–H and O–H groups in total. The van der Waals surface area contributed by atoms with Crippen molar-refractivity contribution < 1.29 is 19.0 Å². The van der Waals surface area contributed by atoms with E-state index in [1.807, 2.05) is 50.2 Å². The van der Waals surface area contributed by atoms with E-state index < -0.39 is 0 Å². The Kier molecular flexibility index (Phi) is 7.14. The van der Waals surface area contributed by atoms with Gasteiger partial charge in [-0.05, 0) is 55.7 Å². The number of anilines is 1. The van der Waals surface area contributed by atoms with Crippen molar-refractivity contribution in [1.29, 1.82) is 0 Å². The standard InChI is InChI=1S/C20H26N2O4/c1-5-26-18-9-7-15(13-19(18)25-4)10-11-21-20(23)22-16-12-14(2)6-8-17(16)24-3/h6-9,12-13H,5,10-11H2,1-4H3,(H2,21,22,23). The lowest BCUT2D eigenvalue weighted by Gasteiger charge is -2.13. The summed E-state index contributed by atoms with van der Waals surface area (Å²) < 4.78 is 16.1. The van der Waals surface area contributed by atoms with E-state index in [4.69, 9.17) is 14.2 Å². The molecule has 6 heteroatoms. The van der Waals surface area contributed by atoms with E-state index in [-0.39, 0.29) is 6.03 Å². The molecule has 0 atom stereocenters. The normalized spacial score (nSPS) is 10.2. The van der Waals surface area contributed by atoms with Gasteiger partial charge in [0, 0.05) is 6.54 Å². The Hall–Kier alpha value is -2.89. The van der Waals surface area contributed by atoms with E-state index in [9.17, 15) is 4.79 Å². The number of rotatable bonds is 8. The van der Waals surface area contributed by atoms with Crippen molar-refractivity contribution in [2.45, 2.75) is 20.3 Å². The third-order valence-electron chi connectivity index (χ3n) is 3.83. The summed E-state index contributed by atoms with van der Waals surface area (Å²) in [4.78, 5) is 12.1. The van der Waals surface area contributed by atoms with Crippen LogP contribution in [0.15, 0.2) is 36.4 Å². The third-order valence-corrected chi connectivity index (χ3v) is 3.83. The molecule has 0 bridgehead atoms. The molecule has 0 spiro atoms. The fourth-order valence-corrected chi connectivity index (χ4v) is 2.55. The molecule has 0 aromatic heterocycles. The van der Waals surface area contributed by atoms with E-state index in [0.717, 1.165) is 16.9 Å². The van der Waals surface area contributed by atoms with Crippen LogP contribution in [0, 0.1) is 6.92 Å². The summed E-state index contributed by atoms with van der Waals surface area (Å²) in [7, 11) is 3.19. The molecule has 2 aromatic carbocycles. The number of carbonyl (C=O) groups excluding carboxylic acids is 1. The maximum Gasteiger partial charge on any atom is 0.319 e. The van der Waals surface area contributed by atoms with E-state index in [1.165, 1.54) is 0 Å². The van der Waals surface area contributed by atoms with Crippen LogP contribution in [-0.2, 0) is 6.42 Å². The van der Waals surface area contributed by atoms with Gasteiger partial charge in [-0.15, -0.1) is 0 Å². The Bertz CT molecular complexity index is 747. The van der Waals surface area contributed by atoms with Crippen LogP contribution < -0.4 is 24.8 Å². The van der Waals surface area contributed by atoms with Gasteiger partial charge < -0.3 is 24.8 Å². The van der Waals surface area contributed by atoms with Crippen LogP contribution in [0.5, 0.6) is 17.2 Å². The Morgan fingerprint density at radius 3 is 2.42 bits per heavy atom. The van der Waals surface area contributed by atoms with Gasteiger partial charge in [0.05, 0.1) is 26.5 Å². The summed E-state index contributed by atoms with van der Waals surface area (Å²) in [5.74, 6) is 2.04. The summed E-state index contributed by atoms with van der Waals surface area (Å²) in [5, 5.41) is 5.67. The highest BCUT2D eigenvalue weighted by Crippen LogP contribution is 2.28. The summed E-state index contributed by atoms with van der Waals surface area (Å²) in [6.45, 7) is 4.97. The van der Waals surface area contributed by atoms with Gasteiger partial charge in [0.1, 0.15) is 5.75 Å². The molecule has 6 nitrogen and oxygen atoms in total. The van der Waals surface area contributed by atoms with Crippen LogP contribution in [-0.4, -0.2) is 33.4 Å². The van der Waals surface area contributed by atoms with Crippen molar-refractivity contribution in [3.8, 4) is 17.2 Å². The van der Waals surface area contributed by atoms with Gasteiger partial charge in [0.2, 0.25) is 0 Å². The van der Waals surface area contributed by atoms with Crippen molar-refractivity contribution in [3.05, 3.63) is 47.5 Å². The first-order valence-corrected chi connectivity index (χ1v) is 8.56. The predicted molar refractivity (Wildman–Crippen MR) is 103 cm³/mol. The van der Waals surface area contributed by atoms with Gasteiger partial charge in [-0.1, -0.05) is 12.1 Å². The minimum Gasteiger partial charge on any atom is -0.495 e. The molecule has 0 saturated heterocycles. The number of hydrogen-bond donors (Lipinski definition) is 2. The zero-order valence-corrected chi connectivity index (χ0v) is 15.7. The zero-order chi connectivity index (χ0) is 18.9. The molecule has 2 amide bonds. The molecule has 0 unspecified atom stereocenters. The zero-order valence-electron chi connectivity index (χ0n) is 15.7. The minimum atomic E-state index is -0.271. The number of amides is 2. The van der Waals surface area contributed by atoms with Gasteiger partial charge in [0.15, 0.2) is 11.5 Å². The van der Waals surface area contributed by atoms with Crippen LogP contribution in [0.1, 0.15) is 18.1 Å². The summed E-state index contributed by atoms with van der Waals surface area (Å²) in [6, 6.07) is 11.1. The maximum atomic E-state index is 12.1. The van der Waals surface area contributed by atoms with E-state index in [0.29, 0.717) is 36.8 Å². The number of ether oxygens (including phenoxy) is 3. The first-order valence-electron chi connectivity index (χ1n) is 8.56. The van der Waals surface area contributed by atoms with Crippen LogP contribution in [0.3, 0.4) is 0 Å². The molecular formula is C20H26N2O4. The van der Waals surface area contributed by atoms with E-state index >= 15 is 0 Å². The topological polar surface area (TPSA) is 68.8 Å². The monoisotopic (exact) mass is 358 g/mol. The summed E-state index contributed by atoms with van der Waals surface area (Å²) in [5.41, 5.74) is 2.74. The highest BCUT2D eigenvalue weighted by Gasteiger charge is 2.08. The second-order valence-electron chi connectivity index (χ2n) is 5.75. The fourth-order valence-electron chi connectivity index (χ4n) is 2.55. The number of benzene rings is 2. The van der Waals surface area contributed by atoms with Crippen molar-refractivity contribution in [1.82, 2.24) is 5.32 Å². The average Bonchev–Trinajstić information content (AvgIpc) is 2.63. The molecule has 0 radical (unpaired) electrons. The molecule has 2 rings (SSSR count). The molecule has 0 saturated carbocycles. The second kappa shape index (κ2) is 9.56. The average molecular weight is 358 g/mol. The Labute approximate surface area is 154 Å². The highest BCUT2D eigenvalue weighted by atomic mass is 16.5. The molecule has 2 aromatic rings. The van der Waals surface area contributed by atoms with Gasteiger partial charge in [-0.25, -0.2) is 4.79 Å². The molecular weight excluding hydrogens is 332 g/mol. The lowest BCUT2D eigenvalue weighted by Crippen LogP contribution is -2.30. The smallest absolute Gasteiger partial charge is 0.319 e. The first kappa shape index (κ1) is 19.4. The summed E-state index contributed by atoms with van der Waals surface area (Å²) in [6.07, 6.45) is 0.682. The number of carbonyl (C=O) groups is 1. The molecule has 0 aliphatic heterocycles. The number of methoxy groups -OCH3 is 2. The van der Waals surface area contributed by atoms with Gasteiger partial charge in [-0.3, -0.25) is 0 Å². The molecule has 0 heterocycles. The third kappa shape index (κ3) is 5.31. The number of nitrogens with one attached hydrogen (secondary N) is 2. The van der Waals surface area contributed by atoms with Crippen LogP contribution in [0.25, 0.3) is 0 Å². The molecule has 140 valence electrons. The molecule has 0 aliphatic rings. The Morgan fingerprint density at radius 2 is 1.73 bits per heavy atom. The largest absolute Gasteiger partial charge is 0.495 e. The first-order chi connectivity index (χ1) is 12.6. The van der Waals surface area contributed by atoms with Crippen molar-refractivity contribution >= 4 is 11.7 Å². The van der Waals surface area contributed by atoms with Crippen molar-refractivity contribution in [3.63, 3.8) is 0 Å². The summed E-state index contributed by atoms with van der Waals surface area (Å²) >= 11 is 0. The van der Waals surface area contributed by atoms with Gasteiger partial charge in [0.25, 0.3) is 0 Å². The molecule has 0 fully saturated rings. The quantitative estimate of drug-likeness (QED) is 0.754. The lowest BCUT2D eigenvalue weighted by atomic mass is 10.1. The van der Waals surface area contributed by atoms with Crippen molar-refractivity contribution in [2.24, 2.45) is 0 Å². The predicted octanol–water partition coefficient (Wildman–Crippen LogP) is 3.78. The number of urea groups is 1. The Morgan fingerprint density at radius 1 is 1.00 bits per heavy atom. The van der Waals surface area contributed by atoms with Gasteiger partial charge >= 0.3 is 6.03 Å². The van der Waals surface area contributed by atoms with Crippen molar-refractivity contribution in [2.75, 3.05) is 32.7 Å². The number of hydrogen-bond acceptors (Lipinski definition) is 4. The lowest BCUT2D eigenvalue weighted by molar-refractivity contribution is 0.252. The fraction of sp³-hybridized carbons (Fsp3) is 0.350. The van der Waals surface area contributed by atoms with Crippen LogP contribution >= 0.6 is 0 Å². The van der Waals surface area contributed by atoms with E-state index in [1.54, 1.807) is 14.2 Å². The SMILES string of the molecule is CCOc1ccc(CCNC(=O)Nc2cc(C)ccc2OC)cc1OC. The number of aryl methyl sites for hydroxylation is 1. The Balaban J connectivity index is 1.89. The highest BCUT2D eigenvalue weighted by molar-refractivity contribution is 5.91. The second-order valence-corrected chi connectivity index (χ2v) is 5.75.